The van der Waals surface area contributed by atoms with Gasteiger partial charge >= 0.3 is 12.3 Å². The first kappa shape index (κ1) is 21.7. The fourth-order valence-corrected chi connectivity index (χ4v) is 0.440. The highest BCUT2D eigenvalue weighted by atomic mass is 17.2. The molecule has 0 amide bonds. The van der Waals surface area contributed by atoms with Crippen molar-refractivity contribution in [2.24, 2.45) is 5.92 Å². The molecule has 0 atom stereocenters. The standard InChI is InChI=1S/C4H8O2.C4H10.2CH2O3/c1-2-4-6-5-3-1;1-4(2)3;2*2-1(3)4/h1-4H2;4H,1-3H3;2*(H2,2,3,4). The summed E-state index contributed by atoms with van der Waals surface area (Å²) < 4.78 is 0. The zero-order valence-electron chi connectivity index (χ0n) is 10.8. The smallest absolute Gasteiger partial charge is 0.450 e. The third-order valence-corrected chi connectivity index (χ3v) is 0.789. The van der Waals surface area contributed by atoms with Gasteiger partial charge in [-0.3, -0.25) is 0 Å². The number of carboxylic acid groups (broad SMARTS) is 4. The maximum Gasteiger partial charge on any atom is 0.503 e. The van der Waals surface area contributed by atoms with Crippen LogP contribution < -0.4 is 0 Å². The van der Waals surface area contributed by atoms with Gasteiger partial charge in [-0.25, -0.2) is 19.4 Å². The Balaban J connectivity index is -0.000000171. The normalized spacial score (nSPS) is 12.7. The predicted octanol–water partition coefficient (Wildman–Crippen LogP) is 2.84. The van der Waals surface area contributed by atoms with Gasteiger partial charge < -0.3 is 20.4 Å². The minimum Gasteiger partial charge on any atom is -0.450 e. The molecule has 0 aromatic rings. The van der Waals surface area contributed by atoms with Crippen molar-refractivity contribution in [1.82, 2.24) is 0 Å². The van der Waals surface area contributed by atoms with Crippen LogP contribution in [0.4, 0.5) is 9.59 Å². The Bertz CT molecular complexity index is 154. The van der Waals surface area contributed by atoms with Crippen LogP contribution >= 0.6 is 0 Å². The molecule has 18 heavy (non-hydrogen) atoms. The second-order valence-corrected chi connectivity index (χ2v) is 3.65. The molecule has 0 radical (unpaired) electrons. The quantitative estimate of drug-likeness (QED) is 0.493. The fourth-order valence-electron chi connectivity index (χ4n) is 0.440. The number of hydrogen-bond donors (Lipinski definition) is 4. The van der Waals surface area contributed by atoms with Crippen LogP contribution in [0.5, 0.6) is 0 Å². The first-order chi connectivity index (χ1) is 8.20. The molecule has 0 unspecified atom stereocenters. The van der Waals surface area contributed by atoms with E-state index in [4.69, 9.17) is 30.0 Å². The molecule has 4 N–H and O–H groups in total. The summed E-state index contributed by atoms with van der Waals surface area (Å²) in [4.78, 5) is 26.2. The summed E-state index contributed by atoms with van der Waals surface area (Å²) in [5.74, 6) is 0.833. The minimum absolute atomic E-state index is 0.778. The topological polar surface area (TPSA) is 134 Å². The highest BCUT2D eigenvalue weighted by Crippen LogP contribution is 1.97. The van der Waals surface area contributed by atoms with Gasteiger partial charge in [0.2, 0.25) is 0 Å². The van der Waals surface area contributed by atoms with Crippen molar-refractivity contribution in [3.8, 4) is 0 Å². The Morgan fingerprint density at radius 2 is 1.00 bits per heavy atom. The van der Waals surface area contributed by atoms with Crippen molar-refractivity contribution in [2.45, 2.75) is 33.6 Å². The van der Waals surface area contributed by atoms with E-state index in [-0.39, 0.29) is 0 Å². The molecular formula is C10H22O8. The lowest BCUT2D eigenvalue weighted by Gasteiger charge is -2.07. The van der Waals surface area contributed by atoms with Crippen molar-refractivity contribution in [3.05, 3.63) is 0 Å². The van der Waals surface area contributed by atoms with Gasteiger partial charge in [0.05, 0.1) is 13.2 Å². The van der Waals surface area contributed by atoms with E-state index in [0.29, 0.717) is 0 Å². The van der Waals surface area contributed by atoms with Gasteiger partial charge in [0, 0.05) is 0 Å². The van der Waals surface area contributed by atoms with E-state index in [1.807, 2.05) is 0 Å². The molecule has 1 rings (SSSR count). The second-order valence-electron chi connectivity index (χ2n) is 3.65. The SMILES string of the molecule is C1CCOOC1.CC(C)C.O=C(O)O.O=C(O)O. The fraction of sp³-hybridized carbons (Fsp3) is 0.800. The zero-order valence-corrected chi connectivity index (χ0v) is 10.8. The average Bonchev–Trinajstić information content (AvgIpc) is 2.17. The molecule has 0 aromatic carbocycles. The van der Waals surface area contributed by atoms with E-state index < -0.39 is 12.3 Å². The Hall–Kier alpha value is -1.54. The van der Waals surface area contributed by atoms with Gasteiger partial charge in [0.15, 0.2) is 0 Å². The van der Waals surface area contributed by atoms with Crippen molar-refractivity contribution in [3.63, 3.8) is 0 Å². The number of hydrogen-bond acceptors (Lipinski definition) is 4. The minimum atomic E-state index is -1.83. The maximum absolute atomic E-state index is 8.56. The third kappa shape index (κ3) is 132. The second kappa shape index (κ2) is 17.8. The molecule has 1 aliphatic rings. The maximum atomic E-state index is 8.56. The van der Waals surface area contributed by atoms with Crippen molar-refractivity contribution in [1.29, 1.82) is 0 Å². The van der Waals surface area contributed by atoms with Gasteiger partial charge in [0.25, 0.3) is 0 Å². The summed E-state index contributed by atoms with van der Waals surface area (Å²) >= 11 is 0. The van der Waals surface area contributed by atoms with Crippen LogP contribution in [0.1, 0.15) is 33.6 Å². The Kier molecular flexibility index (Phi) is 21.5. The van der Waals surface area contributed by atoms with E-state index in [2.05, 4.69) is 30.5 Å². The molecule has 8 heteroatoms. The Morgan fingerprint density at radius 1 is 0.833 bits per heavy atom. The Morgan fingerprint density at radius 3 is 1.06 bits per heavy atom. The molecule has 0 aromatic heterocycles. The summed E-state index contributed by atoms with van der Waals surface area (Å²) in [7, 11) is 0. The van der Waals surface area contributed by atoms with Crippen molar-refractivity contribution >= 4 is 12.3 Å². The first-order valence-electron chi connectivity index (χ1n) is 5.28. The lowest BCUT2D eigenvalue weighted by Crippen LogP contribution is -2.05. The van der Waals surface area contributed by atoms with Gasteiger partial charge in [-0.15, -0.1) is 0 Å². The molecule has 1 aliphatic heterocycles. The average molecular weight is 270 g/mol. The highest BCUT2D eigenvalue weighted by molar-refractivity contribution is 5.53. The van der Waals surface area contributed by atoms with Crippen LogP contribution in [0.25, 0.3) is 0 Å². The summed E-state index contributed by atoms with van der Waals surface area (Å²) in [6, 6.07) is 0. The molecule has 8 nitrogen and oxygen atoms in total. The summed E-state index contributed by atoms with van der Waals surface area (Å²) in [6.45, 7) is 8.06. The number of rotatable bonds is 0. The van der Waals surface area contributed by atoms with Crippen LogP contribution in [-0.2, 0) is 9.78 Å². The predicted molar refractivity (Wildman–Crippen MR) is 63.0 cm³/mol. The molecule has 0 saturated carbocycles. The molecule has 1 saturated heterocycles. The van der Waals surface area contributed by atoms with Crippen LogP contribution in [0.15, 0.2) is 0 Å². The lowest BCUT2D eigenvalue weighted by molar-refractivity contribution is -0.312. The van der Waals surface area contributed by atoms with Gasteiger partial charge in [0.1, 0.15) is 0 Å². The van der Waals surface area contributed by atoms with E-state index >= 15 is 0 Å². The van der Waals surface area contributed by atoms with E-state index in [1.165, 1.54) is 0 Å². The summed E-state index contributed by atoms with van der Waals surface area (Å²) in [5, 5.41) is 27.9. The molecular weight excluding hydrogens is 248 g/mol. The first-order valence-corrected chi connectivity index (χ1v) is 5.28. The van der Waals surface area contributed by atoms with Crippen molar-refractivity contribution < 1.29 is 39.8 Å². The van der Waals surface area contributed by atoms with Crippen LogP contribution in [0.3, 0.4) is 0 Å². The largest absolute Gasteiger partial charge is 0.503 e. The third-order valence-electron chi connectivity index (χ3n) is 0.789. The zero-order chi connectivity index (χ0) is 15.0. The molecule has 110 valence electrons. The molecule has 1 fully saturated rings. The van der Waals surface area contributed by atoms with Gasteiger partial charge in [-0.1, -0.05) is 20.8 Å². The monoisotopic (exact) mass is 270 g/mol. The summed E-state index contributed by atoms with van der Waals surface area (Å²) in [5.41, 5.74) is 0. The van der Waals surface area contributed by atoms with E-state index in [1.54, 1.807) is 0 Å². The molecule has 1 heterocycles. The lowest BCUT2D eigenvalue weighted by atomic mass is 10.3. The van der Waals surface area contributed by atoms with Gasteiger partial charge in [-0.2, -0.15) is 0 Å². The molecule has 0 aliphatic carbocycles. The van der Waals surface area contributed by atoms with Gasteiger partial charge in [-0.05, 0) is 18.8 Å². The van der Waals surface area contributed by atoms with Crippen LogP contribution in [0, 0.1) is 5.92 Å². The molecule has 0 spiro atoms. The van der Waals surface area contributed by atoms with E-state index in [0.717, 1.165) is 32.0 Å². The van der Waals surface area contributed by atoms with Crippen LogP contribution in [0.2, 0.25) is 0 Å². The highest BCUT2D eigenvalue weighted by Gasteiger charge is 1.95. The van der Waals surface area contributed by atoms with Crippen LogP contribution in [-0.4, -0.2) is 46.0 Å². The Labute approximate surface area is 106 Å². The molecule has 0 bridgehead atoms. The number of carbonyl (C=O) groups is 2. The van der Waals surface area contributed by atoms with Crippen molar-refractivity contribution in [2.75, 3.05) is 13.2 Å². The summed E-state index contributed by atoms with van der Waals surface area (Å²) in [6.07, 6.45) is -1.36. The van der Waals surface area contributed by atoms with E-state index in [9.17, 15) is 0 Å².